The van der Waals surface area contributed by atoms with E-state index in [-0.39, 0.29) is 24.9 Å². The Balaban J connectivity index is 2.95. The number of benzene rings is 1. The van der Waals surface area contributed by atoms with Crippen LogP contribution in [0.1, 0.15) is 20.3 Å². The Morgan fingerprint density at radius 1 is 1.24 bits per heavy atom. The highest BCUT2D eigenvalue weighted by molar-refractivity contribution is 7.92. The number of carbonyl (C=O) groups is 1. The zero-order chi connectivity index (χ0) is 16.2. The quantitative estimate of drug-likeness (QED) is 0.855. The van der Waals surface area contributed by atoms with Gasteiger partial charge in [0.25, 0.3) is 0 Å². The van der Waals surface area contributed by atoms with E-state index in [1.165, 1.54) is 18.2 Å². The van der Waals surface area contributed by atoms with Crippen LogP contribution in [0.5, 0.6) is 0 Å². The van der Waals surface area contributed by atoms with E-state index in [2.05, 4.69) is 5.32 Å². The van der Waals surface area contributed by atoms with Gasteiger partial charge in [0, 0.05) is 29.1 Å². The van der Waals surface area contributed by atoms with Gasteiger partial charge in [0.05, 0.1) is 11.9 Å². The van der Waals surface area contributed by atoms with Crippen LogP contribution in [0.15, 0.2) is 18.2 Å². The molecule has 0 aliphatic rings. The molecular weight excluding hydrogens is 335 g/mol. The van der Waals surface area contributed by atoms with Crippen LogP contribution in [-0.4, -0.2) is 33.2 Å². The first kappa shape index (κ1) is 18.1. The number of nitrogens with zero attached hydrogens (tertiary/aromatic N) is 1. The lowest BCUT2D eigenvalue weighted by Gasteiger charge is -2.23. The maximum atomic E-state index is 11.9. The molecule has 0 saturated carbocycles. The SMILES string of the molecule is CC(C)NC(=O)CCN(c1cc(Cl)cc(Cl)c1)S(C)(=O)=O. The third kappa shape index (κ3) is 6.11. The molecule has 0 aliphatic carbocycles. The summed E-state index contributed by atoms with van der Waals surface area (Å²) in [5, 5.41) is 3.37. The summed E-state index contributed by atoms with van der Waals surface area (Å²) < 4.78 is 24.9. The predicted octanol–water partition coefficient (Wildman–Crippen LogP) is 2.67. The maximum Gasteiger partial charge on any atom is 0.232 e. The third-order valence-electron chi connectivity index (χ3n) is 2.53. The maximum absolute atomic E-state index is 11.9. The van der Waals surface area contributed by atoms with Crippen LogP contribution in [0, 0.1) is 0 Å². The summed E-state index contributed by atoms with van der Waals surface area (Å²) >= 11 is 11.8. The minimum absolute atomic E-state index is 0.00444. The first-order chi connectivity index (χ1) is 9.59. The monoisotopic (exact) mass is 352 g/mol. The second kappa shape index (κ2) is 7.33. The van der Waals surface area contributed by atoms with Crippen molar-refractivity contribution in [3.05, 3.63) is 28.2 Å². The molecule has 0 aromatic heterocycles. The lowest BCUT2D eigenvalue weighted by molar-refractivity contribution is -0.121. The highest BCUT2D eigenvalue weighted by Gasteiger charge is 2.19. The first-order valence-electron chi connectivity index (χ1n) is 6.33. The normalized spacial score (nSPS) is 11.5. The van der Waals surface area contributed by atoms with Crippen molar-refractivity contribution in [2.75, 3.05) is 17.1 Å². The van der Waals surface area contributed by atoms with Gasteiger partial charge in [-0.05, 0) is 32.0 Å². The smallest absolute Gasteiger partial charge is 0.232 e. The van der Waals surface area contributed by atoms with Gasteiger partial charge in [-0.15, -0.1) is 0 Å². The molecule has 0 radical (unpaired) electrons. The first-order valence-corrected chi connectivity index (χ1v) is 8.93. The van der Waals surface area contributed by atoms with Crippen molar-refractivity contribution >= 4 is 44.8 Å². The van der Waals surface area contributed by atoms with Gasteiger partial charge in [-0.3, -0.25) is 9.10 Å². The molecule has 1 N–H and O–H groups in total. The highest BCUT2D eigenvalue weighted by atomic mass is 35.5. The van der Waals surface area contributed by atoms with E-state index in [4.69, 9.17) is 23.2 Å². The van der Waals surface area contributed by atoms with Gasteiger partial charge >= 0.3 is 0 Å². The summed E-state index contributed by atoms with van der Waals surface area (Å²) in [7, 11) is -3.54. The lowest BCUT2D eigenvalue weighted by atomic mass is 10.3. The largest absolute Gasteiger partial charge is 0.354 e. The summed E-state index contributed by atoms with van der Waals surface area (Å²) in [6.07, 6.45) is 1.12. The molecule has 1 aromatic rings. The van der Waals surface area contributed by atoms with Gasteiger partial charge in [-0.2, -0.15) is 0 Å². The summed E-state index contributed by atoms with van der Waals surface area (Å²) in [5.74, 6) is -0.216. The van der Waals surface area contributed by atoms with E-state index in [0.29, 0.717) is 15.7 Å². The second-order valence-electron chi connectivity index (χ2n) is 4.93. The fraction of sp³-hybridized carbons (Fsp3) is 0.462. The summed E-state index contributed by atoms with van der Waals surface area (Å²) in [4.78, 5) is 11.7. The summed E-state index contributed by atoms with van der Waals surface area (Å²) in [6.45, 7) is 3.69. The van der Waals surface area contributed by atoms with Gasteiger partial charge < -0.3 is 5.32 Å². The topological polar surface area (TPSA) is 66.5 Å². The van der Waals surface area contributed by atoms with E-state index < -0.39 is 10.0 Å². The minimum Gasteiger partial charge on any atom is -0.354 e. The van der Waals surface area contributed by atoms with Gasteiger partial charge in [-0.25, -0.2) is 8.42 Å². The van der Waals surface area contributed by atoms with E-state index in [1.54, 1.807) is 0 Å². The zero-order valence-corrected chi connectivity index (χ0v) is 14.4. The van der Waals surface area contributed by atoms with Gasteiger partial charge in [-0.1, -0.05) is 23.2 Å². The Labute approximate surface area is 135 Å². The number of nitrogens with one attached hydrogen (secondary N) is 1. The molecule has 1 amide bonds. The molecule has 0 heterocycles. The highest BCUT2D eigenvalue weighted by Crippen LogP contribution is 2.27. The van der Waals surface area contributed by atoms with Crippen LogP contribution < -0.4 is 9.62 Å². The fourth-order valence-corrected chi connectivity index (χ4v) is 3.19. The number of carbonyl (C=O) groups excluding carboxylic acids is 1. The van der Waals surface area contributed by atoms with Crippen LogP contribution in [0.3, 0.4) is 0 Å². The van der Waals surface area contributed by atoms with Gasteiger partial charge in [0.2, 0.25) is 15.9 Å². The Morgan fingerprint density at radius 2 is 1.76 bits per heavy atom. The van der Waals surface area contributed by atoms with Crippen LogP contribution >= 0.6 is 23.2 Å². The molecule has 0 bridgehead atoms. The standard InChI is InChI=1S/C13H18Cl2N2O3S/c1-9(2)16-13(18)4-5-17(21(3,19)20)12-7-10(14)6-11(15)8-12/h6-9H,4-5H2,1-3H3,(H,16,18). The molecular formula is C13H18Cl2N2O3S. The Morgan fingerprint density at radius 3 is 2.19 bits per heavy atom. The molecule has 0 atom stereocenters. The number of halogens is 2. The second-order valence-corrected chi connectivity index (χ2v) is 7.71. The minimum atomic E-state index is -3.54. The number of hydrogen-bond donors (Lipinski definition) is 1. The molecule has 21 heavy (non-hydrogen) atoms. The number of rotatable bonds is 6. The van der Waals surface area contributed by atoms with Crippen LogP contribution in [0.25, 0.3) is 0 Å². The number of amides is 1. The van der Waals surface area contributed by atoms with Crippen molar-refractivity contribution in [3.63, 3.8) is 0 Å². The van der Waals surface area contributed by atoms with Crippen molar-refractivity contribution in [3.8, 4) is 0 Å². The molecule has 0 unspecified atom stereocenters. The molecule has 8 heteroatoms. The van der Waals surface area contributed by atoms with E-state index in [0.717, 1.165) is 10.6 Å². The molecule has 1 rings (SSSR count). The molecule has 5 nitrogen and oxygen atoms in total. The van der Waals surface area contributed by atoms with Crippen molar-refractivity contribution in [2.24, 2.45) is 0 Å². The molecule has 0 fully saturated rings. The summed E-state index contributed by atoms with van der Waals surface area (Å²) in [5.41, 5.74) is 0.340. The average Bonchev–Trinajstić information content (AvgIpc) is 2.24. The van der Waals surface area contributed by atoms with Crippen LogP contribution in [-0.2, 0) is 14.8 Å². The Hall–Kier alpha value is -0.980. The Bertz CT molecular complexity index is 598. The van der Waals surface area contributed by atoms with Gasteiger partial charge in [0.15, 0.2) is 0 Å². The summed E-state index contributed by atoms with van der Waals surface area (Å²) in [6, 6.07) is 4.51. The van der Waals surface area contributed by atoms with E-state index >= 15 is 0 Å². The van der Waals surface area contributed by atoms with Crippen molar-refractivity contribution in [1.29, 1.82) is 0 Å². The van der Waals surface area contributed by atoms with Crippen molar-refractivity contribution in [2.45, 2.75) is 26.3 Å². The molecule has 1 aromatic carbocycles. The van der Waals surface area contributed by atoms with Crippen LogP contribution in [0.2, 0.25) is 10.0 Å². The van der Waals surface area contributed by atoms with Crippen molar-refractivity contribution in [1.82, 2.24) is 5.32 Å². The number of hydrogen-bond acceptors (Lipinski definition) is 3. The average molecular weight is 353 g/mol. The third-order valence-corrected chi connectivity index (χ3v) is 4.16. The molecule has 0 aliphatic heterocycles. The fourth-order valence-electron chi connectivity index (χ4n) is 1.77. The predicted molar refractivity (Wildman–Crippen MR) is 86.5 cm³/mol. The number of anilines is 1. The van der Waals surface area contributed by atoms with E-state index in [1.807, 2.05) is 13.8 Å². The van der Waals surface area contributed by atoms with Gasteiger partial charge in [0.1, 0.15) is 0 Å². The molecule has 118 valence electrons. The zero-order valence-electron chi connectivity index (χ0n) is 12.1. The molecule has 0 spiro atoms. The van der Waals surface area contributed by atoms with E-state index in [9.17, 15) is 13.2 Å². The lowest BCUT2D eigenvalue weighted by Crippen LogP contribution is -2.36. The molecule has 0 saturated heterocycles. The van der Waals surface area contributed by atoms with Crippen LogP contribution in [0.4, 0.5) is 5.69 Å². The number of sulfonamides is 1. The van der Waals surface area contributed by atoms with Crippen molar-refractivity contribution < 1.29 is 13.2 Å². The Kier molecular flexibility index (Phi) is 6.31.